The number of ether oxygens (including phenoxy) is 1. The first-order valence-electron chi connectivity index (χ1n) is 6.01. The fourth-order valence-electron chi connectivity index (χ4n) is 2.00. The molecule has 114 valence electrons. The van der Waals surface area contributed by atoms with E-state index in [1.54, 1.807) is 0 Å². The number of nitrogens with two attached hydrogens (primary N) is 1. The van der Waals surface area contributed by atoms with Gasteiger partial charge < -0.3 is 10.5 Å². The van der Waals surface area contributed by atoms with Crippen LogP contribution in [0.2, 0.25) is 5.02 Å². The molecule has 0 aliphatic rings. The van der Waals surface area contributed by atoms with Crippen LogP contribution in [0.4, 0.5) is 22.9 Å². The molecule has 2 N–H and O–H groups in total. The van der Waals surface area contributed by atoms with E-state index in [1.807, 2.05) is 0 Å². The molecule has 8 nitrogen and oxygen atoms in total. The second-order valence-electron chi connectivity index (χ2n) is 4.23. The summed E-state index contributed by atoms with van der Waals surface area (Å²) in [6.07, 6.45) is 0. The molecule has 2 aromatic rings. The van der Waals surface area contributed by atoms with Gasteiger partial charge in [-0.1, -0.05) is 17.7 Å². The highest BCUT2D eigenvalue weighted by Gasteiger charge is 2.23. The van der Waals surface area contributed by atoms with Crippen LogP contribution in [-0.2, 0) is 0 Å². The van der Waals surface area contributed by atoms with Crippen molar-refractivity contribution in [1.29, 1.82) is 0 Å². The van der Waals surface area contributed by atoms with Gasteiger partial charge in [-0.05, 0) is 11.6 Å². The number of nitro groups is 1. The number of benzene rings is 1. The molecule has 23 heavy (non-hydrogen) atoms. The molecule has 9 heteroatoms. The lowest BCUT2D eigenvalue weighted by molar-refractivity contribution is -0.384. The van der Waals surface area contributed by atoms with E-state index in [-0.39, 0.29) is 44.9 Å². The number of anilines is 1. The number of aromatic nitrogens is 1. The van der Waals surface area contributed by atoms with Gasteiger partial charge in [0, 0.05) is 11.6 Å². The largest absolute Gasteiger partial charge is 0.490 e. The molecule has 0 aliphatic heterocycles. The van der Waals surface area contributed by atoms with E-state index >= 15 is 0 Å². The minimum Gasteiger partial charge on any atom is -0.490 e. The minimum absolute atomic E-state index is 0.0516. The molecule has 0 saturated heterocycles. The summed E-state index contributed by atoms with van der Waals surface area (Å²) in [6.45, 7) is 14.6. The molecular formula is C14H8ClN5O3. The van der Waals surface area contributed by atoms with Crippen molar-refractivity contribution in [3.63, 3.8) is 0 Å². The van der Waals surface area contributed by atoms with Crippen LogP contribution < -0.4 is 10.5 Å². The molecule has 0 spiro atoms. The lowest BCUT2D eigenvalue weighted by atomic mass is 10.0. The maximum absolute atomic E-state index is 11.0. The molecule has 0 aliphatic carbocycles. The van der Waals surface area contributed by atoms with Crippen LogP contribution in [0.1, 0.15) is 0 Å². The van der Waals surface area contributed by atoms with E-state index in [1.165, 1.54) is 25.3 Å². The average Bonchev–Trinajstić information content (AvgIpc) is 2.53. The van der Waals surface area contributed by atoms with Gasteiger partial charge in [0.15, 0.2) is 0 Å². The molecule has 0 fully saturated rings. The molecule has 0 radical (unpaired) electrons. The Hall–Kier alpha value is -3.36. The Bertz CT molecular complexity index is 899. The van der Waals surface area contributed by atoms with Gasteiger partial charge in [0.25, 0.3) is 5.69 Å². The Morgan fingerprint density at radius 1 is 1.35 bits per heavy atom. The van der Waals surface area contributed by atoms with Gasteiger partial charge in [0.05, 0.1) is 25.2 Å². The third-order valence-electron chi connectivity index (χ3n) is 2.99. The molecule has 0 atom stereocenters. The molecule has 1 heterocycles. The fraction of sp³-hybridized carbons (Fsp3) is 0.0714. The van der Waals surface area contributed by atoms with Crippen molar-refractivity contribution in [2.24, 2.45) is 0 Å². The topological polar surface area (TPSA) is 100 Å². The number of nitrogens with zero attached hydrogens (tertiary/aromatic N) is 4. The summed E-state index contributed by atoms with van der Waals surface area (Å²) in [4.78, 5) is 20.9. The fourth-order valence-corrected chi connectivity index (χ4v) is 2.19. The van der Waals surface area contributed by atoms with Crippen LogP contribution >= 0.6 is 11.6 Å². The van der Waals surface area contributed by atoms with E-state index in [4.69, 9.17) is 35.2 Å². The highest BCUT2D eigenvalue weighted by molar-refractivity contribution is 6.32. The van der Waals surface area contributed by atoms with Crippen LogP contribution in [0.25, 0.3) is 20.8 Å². The van der Waals surface area contributed by atoms with Crippen molar-refractivity contribution < 1.29 is 9.66 Å². The smallest absolute Gasteiger partial charge is 0.288 e. The van der Waals surface area contributed by atoms with Crippen molar-refractivity contribution >= 4 is 34.5 Å². The molecule has 0 amide bonds. The predicted octanol–water partition coefficient (Wildman–Crippen LogP) is 4.00. The summed E-state index contributed by atoms with van der Waals surface area (Å²) in [5.41, 5.74) is 5.64. The summed E-state index contributed by atoms with van der Waals surface area (Å²) in [5, 5.41) is 11.0. The molecule has 1 aromatic carbocycles. The van der Waals surface area contributed by atoms with Crippen molar-refractivity contribution in [2.75, 3.05) is 12.8 Å². The van der Waals surface area contributed by atoms with E-state index in [0.717, 1.165) is 0 Å². The molecule has 2 rings (SSSR count). The highest BCUT2D eigenvalue weighted by atomic mass is 35.5. The Labute approximate surface area is 135 Å². The second kappa shape index (κ2) is 6.18. The number of nitro benzene ring substituents is 1. The van der Waals surface area contributed by atoms with Crippen LogP contribution in [0.15, 0.2) is 18.2 Å². The summed E-state index contributed by atoms with van der Waals surface area (Å²) in [6, 6.07) is 3.96. The monoisotopic (exact) mass is 329 g/mol. The van der Waals surface area contributed by atoms with Gasteiger partial charge in [0.2, 0.25) is 17.3 Å². The summed E-state index contributed by atoms with van der Waals surface area (Å²) in [7, 11) is 1.31. The van der Waals surface area contributed by atoms with Gasteiger partial charge in [-0.15, -0.1) is 0 Å². The van der Waals surface area contributed by atoms with Crippen molar-refractivity contribution in [3.05, 3.63) is 56.2 Å². The van der Waals surface area contributed by atoms with Gasteiger partial charge in [-0.2, -0.15) is 0 Å². The molecule has 0 bridgehead atoms. The van der Waals surface area contributed by atoms with E-state index in [9.17, 15) is 10.1 Å². The highest BCUT2D eigenvalue weighted by Crippen LogP contribution is 2.47. The third kappa shape index (κ3) is 2.71. The first-order valence-corrected chi connectivity index (χ1v) is 6.39. The summed E-state index contributed by atoms with van der Waals surface area (Å²) >= 11 is 5.79. The van der Waals surface area contributed by atoms with Crippen molar-refractivity contribution in [1.82, 2.24) is 4.98 Å². The Morgan fingerprint density at radius 3 is 2.52 bits per heavy atom. The lowest BCUT2D eigenvalue weighted by Gasteiger charge is -2.12. The number of methoxy groups -OCH3 is 1. The Balaban J connectivity index is 2.90. The van der Waals surface area contributed by atoms with E-state index in [0.29, 0.717) is 0 Å². The maximum Gasteiger partial charge on any atom is 0.288 e. The number of hydrogen-bond donors (Lipinski definition) is 1. The lowest BCUT2D eigenvalue weighted by Crippen LogP contribution is -1.97. The third-order valence-corrected chi connectivity index (χ3v) is 3.31. The molecule has 1 aromatic heterocycles. The van der Waals surface area contributed by atoms with Crippen LogP contribution in [0.5, 0.6) is 5.88 Å². The zero-order valence-electron chi connectivity index (χ0n) is 11.7. The first kappa shape index (κ1) is 16.0. The molecule has 0 saturated carbocycles. The first-order chi connectivity index (χ1) is 10.9. The zero-order chi connectivity index (χ0) is 17.1. The Kier molecular flexibility index (Phi) is 4.30. The number of halogens is 1. The van der Waals surface area contributed by atoms with Crippen molar-refractivity contribution in [3.8, 4) is 17.0 Å². The van der Waals surface area contributed by atoms with Crippen LogP contribution in [0, 0.1) is 23.3 Å². The second-order valence-corrected chi connectivity index (χ2v) is 4.63. The minimum atomic E-state index is -0.650. The van der Waals surface area contributed by atoms with Crippen LogP contribution in [0.3, 0.4) is 0 Å². The summed E-state index contributed by atoms with van der Waals surface area (Å²) in [5.74, 6) is -0.186. The number of hydrogen-bond acceptors (Lipinski definition) is 5. The predicted molar refractivity (Wildman–Crippen MR) is 84.8 cm³/mol. The zero-order valence-corrected chi connectivity index (χ0v) is 12.5. The van der Waals surface area contributed by atoms with E-state index in [2.05, 4.69) is 14.7 Å². The number of nitrogen functional groups attached to an aromatic ring is 1. The van der Waals surface area contributed by atoms with Gasteiger partial charge >= 0.3 is 0 Å². The summed E-state index contributed by atoms with van der Waals surface area (Å²) < 4.78 is 5.01. The van der Waals surface area contributed by atoms with E-state index < -0.39 is 4.92 Å². The average molecular weight is 330 g/mol. The number of rotatable bonds is 3. The molecular weight excluding hydrogens is 322 g/mol. The van der Waals surface area contributed by atoms with Crippen LogP contribution in [-0.4, -0.2) is 17.0 Å². The van der Waals surface area contributed by atoms with Crippen molar-refractivity contribution in [2.45, 2.75) is 0 Å². The van der Waals surface area contributed by atoms with Gasteiger partial charge in [-0.3, -0.25) is 10.1 Å². The SMILES string of the molecule is [C-]#[N+]c1c(N)nc(OC)c([N+]#[C-])c1-c1ccc(Cl)c([N+](=O)[O-])c1. The maximum atomic E-state index is 11.0. The standard InChI is InChI=1S/C14H8ClN5O3/c1-17-11-10(12(18-2)14(23-3)19-13(11)16)7-4-5-8(15)9(6-7)20(21)22/h4-6H,3H3,(H2,16,19). The number of pyridine rings is 1. The Morgan fingerprint density at radius 2 is 2.00 bits per heavy atom. The quantitative estimate of drug-likeness (QED) is 0.521. The van der Waals surface area contributed by atoms with Gasteiger partial charge in [0.1, 0.15) is 10.8 Å². The molecule has 0 unspecified atom stereocenters. The normalized spacial score (nSPS) is 9.74. The van der Waals surface area contributed by atoms with Gasteiger partial charge in [-0.25, -0.2) is 14.7 Å².